The third-order valence-electron chi connectivity index (χ3n) is 2.79. The van der Waals surface area contributed by atoms with E-state index in [0.29, 0.717) is 12.0 Å². The highest BCUT2D eigenvalue weighted by atomic mass is 19.1. The summed E-state index contributed by atoms with van der Waals surface area (Å²) >= 11 is 0. The molecule has 1 rings (SSSR count). The molecule has 1 atom stereocenters. The zero-order valence-corrected chi connectivity index (χ0v) is 13.0. The average Bonchev–Trinajstić information content (AvgIpc) is 2.57. The fourth-order valence-corrected chi connectivity index (χ4v) is 1.70. The minimum Gasteiger partial charge on any atom is -0.449 e. The van der Waals surface area contributed by atoms with Crippen LogP contribution >= 0.6 is 0 Å². The lowest BCUT2D eigenvalue weighted by molar-refractivity contribution is -0.148. The van der Waals surface area contributed by atoms with Crippen molar-refractivity contribution in [1.82, 2.24) is 10.3 Å². The van der Waals surface area contributed by atoms with E-state index in [9.17, 15) is 14.0 Å². The van der Waals surface area contributed by atoms with E-state index < -0.39 is 24.4 Å². The second-order valence-electron chi connectivity index (χ2n) is 4.74. The van der Waals surface area contributed by atoms with Crippen LogP contribution < -0.4 is 5.32 Å². The number of carbonyl (C=O) groups excluding carboxylic acids is 2. The zero-order valence-electron chi connectivity index (χ0n) is 13.0. The number of aromatic nitrogens is 1. The van der Waals surface area contributed by atoms with Crippen molar-refractivity contribution in [2.24, 2.45) is 0 Å². The maximum Gasteiger partial charge on any atom is 0.332 e. The molecule has 1 heterocycles. The molecule has 0 saturated carbocycles. The van der Waals surface area contributed by atoms with Gasteiger partial charge in [0.25, 0.3) is 0 Å². The van der Waals surface area contributed by atoms with E-state index in [2.05, 4.69) is 16.9 Å². The smallest absolute Gasteiger partial charge is 0.332 e. The van der Waals surface area contributed by atoms with Gasteiger partial charge in [0, 0.05) is 12.6 Å². The lowest BCUT2D eigenvalue weighted by Crippen LogP contribution is -2.45. The van der Waals surface area contributed by atoms with Crippen molar-refractivity contribution in [1.29, 1.82) is 5.26 Å². The standard InChI is InChI=1S/C16H18FN3O4/c1-2-3-4-15(21)20-14(16(22)24-6-5-18)11-23-10-12-7-13(17)9-19-8-12/h2,7-9,14H,1,3-4,6,10-11H2,(H,20,21). The lowest BCUT2D eigenvalue weighted by Gasteiger charge is -2.17. The molecule has 7 nitrogen and oxygen atoms in total. The summed E-state index contributed by atoms with van der Waals surface area (Å²) in [6.45, 7) is 2.91. The quantitative estimate of drug-likeness (QED) is 0.510. The lowest BCUT2D eigenvalue weighted by atomic mass is 10.2. The van der Waals surface area contributed by atoms with Crippen LogP contribution in [0, 0.1) is 17.1 Å². The van der Waals surface area contributed by atoms with E-state index in [1.807, 2.05) is 0 Å². The molecular formula is C16H18FN3O4. The SMILES string of the molecule is C=CCCC(=O)NC(COCc1cncc(F)c1)C(=O)OCC#N. The third kappa shape index (κ3) is 7.47. The number of rotatable bonds is 10. The second kappa shape index (κ2) is 10.9. The Morgan fingerprint density at radius 3 is 2.96 bits per heavy atom. The van der Waals surface area contributed by atoms with Gasteiger partial charge < -0.3 is 14.8 Å². The first-order valence-electron chi connectivity index (χ1n) is 7.17. The van der Waals surface area contributed by atoms with Crippen LogP contribution in [0.2, 0.25) is 0 Å². The van der Waals surface area contributed by atoms with Crippen LogP contribution in [-0.4, -0.2) is 36.1 Å². The maximum atomic E-state index is 13.0. The molecule has 24 heavy (non-hydrogen) atoms. The number of nitrogens with one attached hydrogen (secondary N) is 1. The molecule has 0 aromatic carbocycles. The molecular weight excluding hydrogens is 317 g/mol. The first kappa shape index (κ1) is 19.3. The predicted octanol–water partition coefficient (Wildman–Crippen LogP) is 1.26. The second-order valence-corrected chi connectivity index (χ2v) is 4.74. The molecule has 0 aliphatic rings. The van der Waals surface area contributed by atoms with Crippen LogP contribution in [0.4, 0.5) is 4.39 Å². The van der Waals surface area contributed by atoms with Crippen LogP contribution in [0.1, 0.15) is 18.4 Å². The van der Waals surface area contributed by atoms with Crippen LogP contribution in [0.5, 0.6) is 0 Å². The molecule has 128 valence electrons. The Balaban J connectivity index is 2.56. The molecule has 0 spiro atoms. The number of pyridine rings is 1. The van der Waals surface area contributed by atoms with Crippen LogP contribution in [-0.2, 0) is 25.7 Å². The van der Waals surface area contributed by atoms with Gasteiger partial charge >= 0.3 is 5.97 Å². The van der Waals surface area contributed by atoms with Gasteiger partial charge in [0.1, 0.15) is 11.9 Å². The van der Waals surface area contributed by atoms with E-state index in [0.717, 1.165) is 6.20 Å². The van der Waals surface area contributed by atoms with Crippen molar-refractivity contribution in [2.75, 3.05) is 13.2 Å². The van der Waals surface area contributed by atoms with E-state index in [-0.39, 0.29) is 25.5 Å². The number of halogens is 1. The molecule has 0 aliphatic heterocycles. The van der Waals surface area contributed by atoms with E-state index >= 15 is 0 Å². The normalized spacial score (nSPS) is 11.2. The molecule has 1 aromatic heterocycles. The Morgan fingerprint density at radius 1 is 1.50 bits per heavy atom. The van der Waals surface area contributed by atoms with Crippen molar-refractivity contribution >= 4 is 11.9 Å². The van der Waals surface area contributed by atoms with E-state index in [1.54, 1.807) is 12.1 Å². The molecule has 0 bridgehead atoms. The molecule has 1 amide bonds. The number of nitrogens with zero attached hydrogens (tertiary/aromatic N) is 2. The first-order valence-corrected chi connectivity index (χ1v) is 7.17. The first-order chi connectivity index (χ1) is 11.6. The van der Waals surface area contributed by atoms with Gasteiger partial charge in [-0.2, -0.15) is 5.26 Å². The zero-order chi connectivity index (χ0) is 17.8. The Morgan fingerprint density at radius 2 is 2.29 bits per heavy atom. The number of nitriles is 1. The van der Waals surface area contributed by atoms with Gasteiger partial charge in [0.05, 0.1) is 19.4 Å². The third-order valence-corrected chi connectivity index (χ3v) is 2.79. The van der Waals surface area contributed by atoms with Gasteiger partial charge in [-0.1, -0.05) is 6.08 Å². The van der Waals surface area contributed by atoms with Gasteiger partial charge in [0.2, 0.25) is 5.91 Å². The Bertz CT molecular complexity index is 616. The summed E-state index contributed by atoms with van der Waals surface area (Å²) in [5.74, 6) is -1.65. The van der Waals surface area contributed by atoms with E-state index in [4.69, 9.17) is 14.7 Å². The molecule has 0 saturated heterocycles. The molecule has 0 fully saturated rings. The summed E-state index contributed by atoms with van der Waals surface area (Å²) < 4.78 is 23.0. The van der Waals surface area contributed by atoms with E-state index in [1.165, 1.54) is 12.3 Å². The van der Waals surface area contributed by atoms with Crippen LogP contribution in [0.15, 0.2) is 31.1 Å². The molecule has 1 unspecified atom stereocenters. The van der Waals surface area contributed by atoms with Gasteiger partial charge in [-0.3, -0.25) is 9.78 Å². The average molecular weight is 335 g/mol. The molecule has 0 radical (unpaired) electrons. The Hall–Kier alpha value is -2.79. The number of hydrogen-bond acceptors (Lipinski definition) is 6. The van der Waals surface area contributed by atoms with Crippen molar-refractivity contribution in [3.05, 3.63) is 42.5 Å². The van der Waals surface area contributed by atoms with Crippen LogP contribution in [0.25, 0.3) is 0 Å². The topological polar surface area (TPSA) is 101 Å². The van der Waals surface area contributed by atoms with Gasteiger partial charge in [-0.15, -0.1) is 6.58 Å². The highest BCUT2D eigenvalue weighted by Crippen LogP contribution is 2.04. The van der Waals surface area contributed by atoms with Gasteiger partial charge in [0.15, 0.2) is 12.6 Å². The minimum absolute atomic E-state index is 0.00924. The minimum atomic E-state index is -1.06. The Kier molecular flexibility index (Phi) is 8.71. The number of hydrogen-bond donors (Lipinski definition) is 1. The summed E-state index contributed by atoms with van der Waals surface area (Å²) in [6, 6.07) is 1.86. The molecule has 8 heteroatoms. The summed E-state index contributed by atoms with van der Waals surface area (Å²) in [5.41, 5.74) is 0.483. The van der Waals surface area contributed by atoms with Crippen molar-refractivity contribution in [2.45, 2.75) is 25.5 Å². The van der Waals surface area contributed by atoms with Crippen molar-refractivity contribution in [3.8, 4) is 6.07 Å². The van der Waals surface area contributed by atoms with Crippen molar-refractivity contribution < 1.29 is 23.5 Å². The largest absolute Gasteiger partial charge is 0.449 e. The fourth-order valence-electron chi connectivity index (χ4n) is 1.70. The molecule has 1 aromatic rings. The number of amides is 1. The summed E-state index contributed by atoms with van der Waals surface area (Å²) in [6.07, 6.45) is 4.69. The number of esters is 1. The number of carbonyl (C=O) groups is 2. The van der Waals surface area contributed by atoms with Crippen molar-refractivity contribution in [3.63, 3.8) is 0 Å². The highest BCUT2D eigenvalue weighted by molar-refractivity contribution is 5.84. The number of ether oxygens (including phenoxy) is 2. The van der Waals surface area contributed by atoms with Gasteiger partial charge in [-0.25, -0.2) is 9.18 Å². The Labute approximate surface area is 139 Å². The maximum absolute atomic E-state index is 13.0. The predicted molar refractivity (Wildman–Crippen MR) is 81.8 cm³/mol. The summed E-state index contributed by atoms with van der Waals surface area (Å²) in [4.78, 5) is 27.2. The molecule has 1 N–H and O–H groups in total. The monoisotopic (exact) mass is 335 g/mol. The van der Waals surface area contributed by atoms with Crippen LogP contribution in [0.3, 0.4) is 0 Å². The highest BCUT2D eigenvalue weighted by Gasteiger charge is 2.22. The fraction of sp³-hybridized carbons (Fsp3) is 0.375. The van der Waals surface area contributed by atoms with Gasteiger partial charge in [-0.05, 0) is 18.1 Å². The summed E-state index contributed by atoms with van der Waals surface area (Å²) in [5, 5.41) is 10.9. The number of allylic oxidation sites excluding steroid dienone is 1. The molecule has 0 aliphatic carbocycles. The summed E-state index contributed by atoms with van der Waals surface area (Å²) in [7, 11) is 0.